The Hall–Kier alpha value is -1.62. The van der Waals surface area contributed by atoms with Crippen LogP contribution in [-0.2, 0) is 19.5 Å². The van der Waals surface area contributed by atoms with Gasteiger partial charge in [-0.15, -0.1) is 0 Å². The average molecular weight is 276 g/mol. The van der Waals surface area contributed by atoms with E-state index in [1.807, 2.05) is 0 Å². The largest absolute Gasteiger partial charge is 0.341 e. The third-order valence-electron chi connectivity index (χ3n) is 3.07. The first kappa shape index (κ1) is 14.8. The molecule has 0 radical (unpaired) electrons. The van der Waals surface area contributed by atoms with Crippen molar-refractivity contribution >= 4 is 0 Å². The predicted octanol–water partition coefficient (Wildman–Crippen LogP) is 2.62. The van der Waals surface area contributed by atoms with Gasteiger partial charge in [-0.05, 0) is 31.0 Å². The summed E-state index contributed by atoms with van der Waals surface area (Å²) >= 11 is 0. The quantitative estimate of drug-likeness (QED) is 0.805. The van der Waals surface area contributed by atoms with Crippen molar-refractivity contribution in [2.75, 3.05) is 6.54 Å². The molecule has 0 spiro atoms. The first-order valence-corrected chi connectivity index (χ1v) is 7.35. The van der Waals surface area contributed by atoms with Gasteiger partial charge in [0.05, 0.1) is 0 Å². The molecule has 2 heterocycles. The highest BCUT2D eigenvalue weighted by Gasteiger charge is 2.08. The van der Waals surface area contributed by atoms with Gasteiger partial charge in [-0.25, -0.2) is 0 Å². The van der Waals surface area contributed by atoms with Crippen LogP contribution in [0.25, 0.3) is 0 Å². The highest BCUT2D eigenvalue weighted by atomic mass is 16.5. The molecular formula is C15H24N4O. The fraction of sp³-hybridized carbons (Fsp3) is 0.600. The lowest BCUT2D eigenvalue weighted by atomic mass is 10.2. The van der Waals surface area contributed by atoms with Gasteiger partial charge in [0.15, 0.2) is 5.82 Å². The van der Waals surface area contributed by atoms with Gasteiger partial charge >= 0.3 is 0 Å². The molecule has 0 aliphatic heterocycles. The van der Waals surface area contributed by atoms with Crippen LogP contribution in [0.1, 0.15) is 44.6 Å². The molecule has 2 aromatic rings. The van der Waals surface area contributed by atoms with Crippen LogP contribution < -0.4 is 5.32 Å². The first-order chi connectivity index (χ1) is 9.69. The lowest BCUT2D eigenvalue weighted by Gasteiger charge is -2.09. The SMILES string of the molecule is CCCc1noc(Cn2cccc2CNCC(C)C)n1. The van der Waals surface area contributed by atoms with Crippen molar-refractivity contribution < 1.29 is 4.52 Å². The van der Waals surface area contributed by atoms with Crippen molar-refractivity contribution in [2.24, 2.45) is 5.92 Å². The summed E-state index contributed by atoms with van der Waals surface area (Å²) in [5, 5.41) is 7.44. The summed E-state index contributed by atoms with van der Waals surface area (Å²) in [6.45, 7) is 9.05. The van der Waals surface area contributed by atoms with Crippen molar-refractivity contribution in [3.05, 3.63) is 35.7 Å². The summed E-state index contributed by atoms with van der Waals surface area (Å²) in [5.41, 5.74) is 1.24. The van der Waals surface area contributed by atoms with Crippen molar-refractivity contribution in [2.45, 2.75) is 46.7 Å². The fourth-order valence-electron chi connectivity index (χ4n) is 2.08. The van der Waals surface area contributed by atoms with Crippen LogP contribution in [0.2, 0.25) is 0 Å². The monoisotopic (exact) mass is 276 g/mol. The Balaban J connectivity index is 1.93. The lowest BCUT2D eigenvalue weighted by Crippen LogP contribution is -2.21. The zero-order valence-corrected chi connectivity index (χ0v) is 12.6. The molecule has 0 bridgehead atoms. The Kier molecular flexibility index (Phi) is 5.35. The zero-order valence-electron chi connectivity index (χ0n) is 12.6. The maximum absolute atomic E-state index is 5.29. The predicted molar refractivity (Wildman–Crippen MR) is 78.4 cm³/mol. The molecule has 0 aromatic carbocycles. The van der Waals surface area contributed by atoms with Crippen LogP contribution in [-0.4, -0.2) is 21.3 Å². The second kappa shape index (κ2) is 7.24. The van der Waals surface area contributed by atoms with Gasteiger partial charge in [-0.3, -0.25) is 0 Å². The zero-order chi connectivity index (χ0) is 14.4. The third-order valence-corrected chi connectivity index (χ3v) is 3.07. The molecule has 5 heteroatoms. The summed E-state index contributed by atoms with van der Waals surface area (Å²) in [5.74, 6) is 2.13. The van der Waals surface area contributed by atoms with Gasteiger partial charge in [0.2, 0.25) is 5.89 Å². The van der Waals surface area contributed by atoms with Gasteiger partial charge in [0.25, 0.3) is 0 Å². The van der Waals surface area contributed by atoms with E-state index in [1.165, 1.54) is 5.69 Å². The molecule has 0 fully saturated rings. The van der Waals surface area contributed by atoms with E-state index < -0.39 is 0 Å². The van der Waals surface area contributed by atoms with Crippen molar-refractivity contribution in [3.63, 3.8) is 0 Å². The molecule has 0 unspecified atom stereocenters. The molecule has 0 aliphatic carbocycles. The van der Waals surface area contributed by atoms with E-state index >= 15 is 0 Å². The van der Waals surface area contributed by atoms with E-state index in [0.717, 1.165) is 31.8 Å². The minimum absolute atomic E-state index is 0.641. The van der Waals surface area contributed by atoms with E-state index in [-0.39, 0.29) is 0 Å². The standard InChI is InChI=1S/C15H24N4O/c1-4-6-14-17-15(20-18-14)11-19-8-5-7-13(19)10-16-9-12(2)3/h5,7-8,12,16H,4,6,9-11H2,1-3H3. The Morgan fingerprint density at radius 3 is 3.00 bits per heavy atom. The molecular weight excluding hydrogens is 252 g/mol. The van der Waals surface area contributed by atoms with Gasteiger partial charge in [-0.1, -0.05) is 25.9 Å². The van der Waals surface area contributed by atoms with Crippen molar-refractivity contribution in [1.29, 1.82) is 0 Å². The summed E-state index contributed by atoms with van der Waals surface area (Å²) in [6, 6.07) is 4.17. The summed E-state index contributed by atoms with van der Waals surface area (Å²) in [4.78, 5) is 4.41. The fourth-order valence-corrected chi connectivity index (χ4v) is 2.08. The van der Waals surface area contributed by atoms with Gasteiger partial charge < -0.3 is 14.4 Å². The Labute approximate surface area is 120 Å². The number of hydrogen-bond donors (Lipinski definition) is 1. The summed E-state index contributed by atoms with van der Waals surface area (Å²) in [7, 11) is 0. The number of hydrogen-bond acceptors (Lipinski definition) is 4. The van der Waals surface area contributed by atoms with Crippen LogP contribution in [0.4, 0.5) is 0 Å². The Morgan fingerprint density at radius 2 is 2.25 bits per heavy atom. The number of aromatic nitrogens is 3. The molecule has 110 valence electrons. The van der Waals surface area contributed by atoms with Crippen molar-refractivity contribution in [3.8, 4) is 0 Å². The molecule has 2 rings (SSSR count). The third kappa shape index (κ3) is 4.20. The lowest BCUT2D eigenvalue weighted by molar-refractivity contribution is 0.364. The van der Waals surface area contributed by atoms with Crippen LogP contribution in [0.3, 0.4) is 0 Å². The van der Waals surface area contributed by atoms with E-state index in [0.29, 0.717) is 18.4 Å². The second-order valence-corrected chi connectivity index (χ2v) is 5.51. The van der Waals surface area contributed by atoms with Gasteiger partial charge in [-0.2, -0.15) is 4.98 Å². The normalized spacial score (nSPS) is 11.4. The number of rotatable bonds is 8. The summed E-state index contributed by atoms with van der Waals surface area (Å²) in [6.07, 6.45) is 3.96. The van der Waals surface area contributed by atoms with E-state index in [9.17, 15) is 0 Å². The van der Waals surface area contributed by atoms with E-state index in [1.54, 1.807) is 0 Å². The van der Waals surface area contributed by atoms with Crippen LogP contribution in [0, 0.1) is 5.92 Å². The topological polar surface area (TPSA) is 55.9 Å². The highest BCUT2D eigenvalue weighted by Crippen LogP contribution is 2.07. The molecule has 2 aromatic heterocycles. The second-order valence-electron chi connectivity index (χ2n) is 5.51. The number of nitrogens with zero attached hydrogens (tertiary/aromatic N) is 3. The maximum atomic E-state index is 5.29. The maximum Gasteiger partial charge on any atom is 0.246 e. The van der Waals surface area contributed by atoms with Crippen molar-refractivity contribution in [1.82, 2.24) is 20.0 Å². The molecule has 0 saturated carbocycles. The van der Waals surface area contributed by atoms with Crippen LogP contribution >= 0.6 is 0 Å². The average Bonchev–Trinajstić information content (AvgIpc) is 3.01. The molecule has 0 aliphatic rings. The number of aryl methyl sites for hydroxylation is 1. The van der Waals surface area contributed by atoms with E-state index in [4.69, 9.17) is 4.52 Å². The minimum atomic E-state index is 0.641. The minimum Gasteiger partial charge on any atom is -0.341 e. The molecule has 0 amide bonds. The highest BCUT2D eigenvalue weighted by molar-refractivity contribution is 5.08. The smallest absolute Gasteiger partial charge is 0.246 e. The van der Waals surface area contributed by atoms with Gasteiger partial charge in [0.1, 0.15) is 6.54 Å². The number of nitrogens with one attached hydrogen (secondary N) is 1. The molecule has 0 saturated heterocycles. The first-order valence-electron chi connectivity index (χ1n) is 7.35. The summed E-state index contributed by atoms with van der Waals surface area (Å²) < 4.78 is 7.44. The van der Waals surface area contributed by atoms with Gasteiger partial charge in [0, 0.05) is 24.9 Å². The molecule has 1 N–H and O–H groups in total. The molecule has 0 atom stereocenters. The Bertz CT molecular complexity index is 515. The molecule has 20 heavy (non-hydrogen) atoms. The molecule has 5 nitrogen and oxygen atoms in total. The van der Waals surface area contributed by atoms with E-state index in [2.05, 4.69) is 59.1 Å². The van der Waals surface area contributed by atoms with Crippen LogP contribution in [0.5, 0.6) is 0 Å². The van der Waals surface area contributed by atoms with Crippen LogP contribution in [0.15, 0.2) is 22.9 Å². The Morgan fingerprint density at radius 1 is 1.40 bits per heavy atom.